The number of hydrogen-bond acceptors (Lipinski definition) is 4. The van der Waals surface area contributed by atoms with Gasteiger partial charge in [0, 0.05) is 6.92 Å². The summed E-state index contributed by atoms with van der Waals surface area (Å²) < 4.78 is 5.01. The molecule has 1 aromatic rings. The third-order valence-corrected chi connectivity index (χ3v) is 2.96. The summed E-state index contributed by atoms with van der Waals surface area (Å²) in [6.07, 6.45) is 1.00. The lowest BCUT2D eigenvalue weighted by Gasteiger charge is -2.20. The van der Waals surface area contributed by atoms with Gasteiger partial charge in [0.05, 0.1) is 12.1 Å². The Labute approximate surface area is 114 Å². The molecule has 0 aliphatic heterocycles. The maximum Gasteiger partial charge on any atom is 0.308 e. The zero-order valence-electron chi connectivity index (χ0n) is 11.8. The molecule has 0 unspecified atom stereocenters. The minimum atomic E-state index is -0.588. The number of nitrogens with two attached hydrogens (primary N) is 1. The van der Waals surface area contributed by atoms with Crippen LogP contribution >= 0.6 is 0 Å². The summed E-state index contributed by atoms with van der Waals surface area (Å²) in [5.74, 6) is 0.622. The smallest absolute Gasteiger partial charge is 0.308 e. The SMILES string of the molecule is CC(=O)Oc1cccc([C@H](N)[C@H](O)CCC(C)C)c1. The van der Waals surface area contributed by atoms with Crippen molar-refractivity contribution in [3.8, 4) is 5.75 Å². The van der Waals surface area contributed by atoms with Gasteiger partial charge in [-0.2, -0.15) is 0 Å². The number of aliphatic hydroxyl groups is 1. The Morgan fingerprint density at radius 3 is 2.63 bits per heavy atom. The van der Waals surface area contributed by atoms with E-state index in [1.54, 1.807) is 18.2 Å². The van der Waals surface area contributed by atoms with Crippen molar-refractivity contribution in [3.05, 3.63) is 29.8 Å². The zero-order valence-corrected chi connectivity index (χ0v) is 11.8. The van der Waals surface area contributed by atoms with Gasteiger partial charge in [0.15, 0.2) is 0 Å². The standard InChI is InChI=1S/C15H23NO3/c1-10(2)7-8-14(18)15(16)12-5-4-6-13(9-12)19-11(3)17/h4-6,9-10,14-15,18H,7-8,16H2,1-3H3/t14-,15+/m1/s1. The fourth-order valence-electron chi connectivity index (χ4n) is 1.86. The second kappa shape index (κ2) is 7.26. The van der Waals surface area contributed by atoms with E-state index >= 15 is 0 Å². The summed E-state index contributed by atoms with van der Waals surface area (Å²) in [5.41, 5.74) is 6.81. The Balaban J connectivity index is 2.70. The van der Waals surface area contributed by atoms with Crippen LogP contribution in [0.2, 0.25) is 0 Å². The molecule has 0 heterocycles. The van der Waals surface area contributed by atoms with Crippen LogP contribution in [0.25, 0.3) is 0 Å². The van der Waals surface area contributed by atoms with Gasteiger partial charge < -0.3 is 15.6 Å². The van der Waals surface area contributed by atoms with Crippen molar-refractivity contribution in [2.24, 2.45) is 11.7 Å². The summed E-state index contributed by atoms with van der Waals surface area (Å²) >= 11 is 0. The molecule has 2 atom stereocenters. The molecule has 0 saturated carbocycles. The lowest BCUT2D eigenvalue weighted by molar-refractivity contribution is -0.131. The highest BCUT2D eigenvalue weighted by molar-refractivity contribution is 5.69. The monoisotopic (exact) mass is 265 g/mol. The Kier molecular flexibility index (Phi) is 5.99. The number of esters is 1. The highest BCUT2D eigenvalue weighted by Crippen LogP contribution is 2.23. The Hall–Kier alpha value is -1.39. The van der Waals surface area contributed by atoms with E-state index < -0.39 is 12.1 Å². The average Bonchev–Trinajstić information content (AvgIpc) is 2.34. The Morgan fingerprint density at radius 2 is 2.05 bits per heavy atom. The molecule has 0 aliphatic rings. The van der Waals surface area contributed by atoms with Crippen molar-refractivity contribution in [2.45, 2.75) is 45.8 Å². The maximum absolute atomic E-state index is 10.9. The van der Waals surface area contributed by atoms with Crippen molar-refractivity contribution >= 4 is 5.97 Å². The molecule has 19 heavy (non-hydrogen) atoms. The highest BCUT2D eigenvalue weighted by Gasteiger charge is 2.17. The molecule has 0 radical (unpaired) electrons. The van der Waals surface area contributed by atoms with E-state index in [1.807, 2.05) is 6.07 Å². The van der Waals surface area contributed by atoms with Crippen LogP contribution in [-0.2, 0) is 4.79 Å². The summed E-state index contributed by atoms with van der Waals surface area (Å²) in [7, 11) is 0. The van der Waals surface area contributed by atoms with Crippen molar-refractivity contribution in [1.29, 1.82) is 0 Å². The third kappa shape index (κ3) is 5.41. The van der Waals surface area contributed by atoms with Crippen molar-refractivity contribution in [2.75, 3.05) is 0 Å². The van der Waals surface area contributed by atoms with Crippen LogP contribution in [0.15, 0.2) is 24.3 Å². The Morgan fingerprint density at radius 1 is 1.37 bits per heavy atom. The molecule has 0 spiro atoms. The molecule has 0 amide bonds. The molecule has 0 bridgehead atoms. The summed E-state index contributed by atoms with van der Waals surface area (Å²) in [6, 6.07) is 6.52. The normalized spacial score (nSPS) is 14.2. The molecule has 106 valence electrons. The van der Waals surface area contributed by atoms with Crippen LogP contribution in [0.5, 0.6) is 5.75 Å². The number of hydrogen-bond donors (Lipinski definition) is 2. The van der Waals surface area contributed by atoms with Gasteiger partial charge >= 0.3 is 5.97 Å². The van der Waals surface area contributed by atoms with E-state index in [1.165, 1.54) is 6.92 Å². The number of carbonyl (C=O) groups excluding carboxylic acids is 1. The molecule has 0 aromatic heterocycles. The fraction of sp³-hybridized carbons (Fsp3) is 0.533. The number of ether oxygens (including phenoxy) is 1. The zero-order chi connectivity index (χ0) is 14.4. The van der Waals surface area contributed by atoms with Gasteiger partial charge in [0.1, 0.15) is 5.75 Å². The van der Waals surface area contributed by atoms with Crippen molar-refractivity contribution in [1.82, 2.24) is 0 Å². The van der Waals surface area contributed by atoms with Gasteiger partial charge in [-0.25, -0.2) is 0 Å². The largest absolute Gasteiger partial charge is 0.427 e. The van der Waals surface area contributed by atoms with Gasteiger partial charge in [0.25, 0.3) is 0 Å². The van der Waals surface area contributed by atoms with Crippen molar-refractivity contribution < 1.29 is 14.6 Å². The molecule has 1 rings (SSSR count). The van der Waals surface area contributed by atoms with E-state index in [9.17, 15) is 9.90 Å². The molecule has 0 fully saturated rings. The van der Waals surface area contributed by atoms with Crippen LogP contribution in [-0.4, -0.2) is 17.2 Å². The quantitative estimate of drug-likeness (QED) is 0.612. The molecule has 1 aromatic carbocycles. The van der Waals surface area contributed by atoms with Gasteiger partial charge in [-0.3, -0.25) is 4.79 Å². The van der Waals surface area contributed by atoms with Crippen LogP contribution in [0, 0.1) is 5.92 Å². The second-order valence-corrected chi connectivity index (χ2v) is 5.23. The van der Waals surface area contributed by atoms with E-state index in [4.69, 9.17) is 10.5 Å². The first-order chi connectivity index (χ1) is 8.90. The predicted molar refractivity (Wildman–Crippen MR) is 74.8 cm³/mol. The van der Waals surface area contributed by atoms with Crippen molar-refractivity contribution in [3.63, 3.8) is 0 Å². The van der Waals surface area contributed by atoms with Gasteiger partial charge in [-0.05, 0) is 36.5 Å². The second-order valence-electron chi connectivity index (χ2n) is 5.23. The topological polar surface area (TPSA) is 72.5 Å². The molecule has 0 aliphatic carbocycles. The first-order valence-corrected chi connectivity index (χ1v) is 6.62. The molecular formula is C15H23NO3. The average molecular weight is 265 g/mol. The minimum Gasteiger partial charge on any atom is -0.427 e. The van der Waals surface area contributed by atoms with E-state index in [0.717, 1.165) is 12.0 Å². The Bertz CT molecular complexity index is 418. The molecule has 4 heteroatoms. The fourth-order valence-corrected chi connectivity index (χ4v) is 1.86. The number of carbonyl (C=O) groups is 1. The number of aliphatic hydroxyl groups excluding tert-OH is 1. The summed E-state index contributed by atoms with van der Waals surface area (Å²) in [4.78, 5) is 10.9. The van der Waals surface area contributed by atoms with Gasteiger partial charge in [-0.1, -0.05) is 26.0 Å². The third-order valence-electron chi connectivity index (χ3n) is 2.96. The maximum atomic E-state index is 10.9. The minimum absolute atomic E-state index is 0.369. The molecule has 0 saturated heterocycles. The van der Waals surface area contributed by atoms with E-state index in [2.05, 4.69) is 13.8 Å². The summed E-state index contributed by atoms with van der Waals surface area (Å²) in [6.45, 7) is 5.57. The van der Waals surface area contributed by atoms with Gasteiger partial charge in [-0.15, -0.1) is 0 Å². The lowest BCUT2D eigenvalue weighted by Crippen LogP contribution is -2.26. The lowest BCUT2D eigenvalue weighted by atomic mass is 9.96. The number of benzene rings is 1. The van der Waals surface area contributed by atoms with Gasteiger partial charge in [0.2, 0.25) is 0 Å². The molecule has 4 nitrogen and oxygen atoms in total. The highest BCUT2D eigenvalue weighted by atomic mass is 16.5. The first kappa shape index (κ1) is 15.7. The van der Waals surface area contributed by atoms with Crippen LogP contribution in [0.1, 0.15) is 45.2 Å². The number of rotatable bonds is 6. The molecule has 3 N–H and O–H groups in total. The van der Waals surface area contributed by atoms with Crippen LogP contribution < -0.4 is 10.5 Å². The molecular weight excluding hydrogens is 242 g/mol. The first-order valence-electron chi connectivity index (χ1n) is 6.62. The predicted octanol–water partition coefficient (Wildman–Crippen LogP) is 2.41. The van der Waals surface area contributed by atoms with E-state index in [-0.39, 0.29) is 5.97 Å². The van der Waals surface area contributed by atoms with E-state index in [0.29, 0.717) is 18.1 Å². The van der Waals surface area contributed by atoms with Crippen LogP contribution in [0.3, 0.4) is 0 Å². The van der Waals surface area contributed by atoms with Crippen LogP contribution in [0.4, 0.5) is 0 Å². The summed E-state index contributed by atoms with van der Waals surface area (Å²) in [5, 5.41) is 10.1.